The van der Waals surface area contributed by atoms with Crippen LogP contribution in [0, 0.1) is 0 Å². The maximum Gasteiger partial charge on any atom is 0.224 e. The van der Waals surface area contributed by atoms with Gasteiger partial charge in [0.2, 0.25) is 5.28 Å². The fourth-order valence-electron chi connectivity index (χ4n) is 1.34. The Balaban J connectivity index is 1.72. The molecule has 0 aliphatic rings. The normalized spacial score (nSPS) is 10.3. The molecule has 2 aromatic heterocycles. The van der Waals surface area contributed by atoms with Crippen molar-refractivity contribution in [1.29, 1.82) is 0 Å². The Hall–Kier alpha value is -1.62. The number of aryl methyl sites for hydroxylation is 1. The van der Waals surface area contributed by atoms with Gasteiger partial charge in [-0.15, -0.1) is 0 Å². The van der Waals surface area contributed by atoms with Gasteiger partial charge in [-0.1, -0.05) is 0 Å². The summed E-state index contributed by atoms with van der Waals surface area (Å²) in [5.41, 5.74) is 0. The lowest BCUT2D eigenvalue weighted by atomic mass is 10.3. The van der Waals surface area contributed by atoms with E-state index in [9.17, 15) is 0 Å². The molecule has 0 aliphatic carbocycles. The van der Waals surface area contributed by atoms with Crippen LogP contribution in [0.25, 0.3) is 0 Å². The summed E-state index contributed by atoms with van der Waals surface area (Å²) >= 11 is 5.66. The molecule has 0 amide bonds. The van der Waals surface area contributed by atoms with E-state index in [2.05, 4.69) is 25.3 Å². The third-order valence-electron chi connectivity index (χ3n) is 2.08. The number of anilines is 1. The van der Waals surface area contributed by atoms with E-state index in [-0.39, 0.29) is 5.28 Å². The van der Waals surface area contributed by atoms with Crippen LogP contribution in [0.4, 0.5) is 5.82 Å². The molecule has 0 unspecified atom stereocenters. The van der Waals surface area contributed by atoms with Gasteiger partial charge < -0.3 is 10.3 Å². The van der Waals surface area contributed by atoms with Crippen LogP contribution in [0.5, 0.6) is 0 Å². The number of halogens is 1. The van der Waals surface area contributed by atoms with Gasteiger partial charge in [0.15, 0.2) is 0 Å². The Morgan fingerprint density at radius 1 is 1.31 bits per heavy atom. The Morgan fingerprint density at radius 2 is 2.25 bits per heavy atom. The van der Waals surface area contributed by atoms with Crippen molar-refractivity contribution < 1.29 is 0 Å². The molecule has 16 heavy (non-hydrogen) atoms. The van der Waals surface area contributed by atoms with Crippen LogP contribution >= 0.6 is 11.6 Å². The van der Waals surface area contributed by atoms with E-state index in [0.29, 0.717) is 0 Å². The summed E-state index contributed by atoms with van der Waals surface area (Å²) in [5, 5.41) is 3.43. The number of hydrogen-bond acceptors (Lipinski definition) is 4. The van der Waals surface area contributed by atoms with E-state index in [1.165, 1.54) is 0 Å². The van der Waals surface area contributed by atoms with Crippen LogP contribution in [0.1, 0.15) is 12.2 Å². The molecular weight excluding hydrogens is 226 g/mol. The summed E-state index contributed by atoms with van der Waals surface area (Å²) in [4.78, 5) is 15.0. The number of aromatic amines is 1. The topological polar surface area (TPSA) is 66.5 Å². The first-order valence-corrected chi connectivity index (χ1v) is 5.43. The summed E-state index contributed by atoms with van der Waals surface area (Å²) in [6, 6.07) is 1.79. The van der Waals surface area contributed by atoms with Gasteiger partial charge in [-0.25, -0.2) is 15.0 Å². The third-order valence-corrected chi connectivity index (χ3v) is 2.26. The molecule has 0 saturated carbocycles. The average molecular weight is 238 g/mol. The van der Waals surface area contributed by atoms with Crippen molar-refractivity contribution >= 4 is 17.4 Å². The number of nitrogens with one attached hydrogen (secondary N) is 2. The molecular formula is C10H12ClN5. The lowest BCUT2D eigenvalue weighted by molar-refractivity contribution is 0.813. The first kappa shape index (κ1) is 10.9. The molecule has 0 aromatic carbocycles. The molecule has 2 heterocycles. The summed E-state index contributed by atoms with van der Waals surface area (Å²) < 4.78 is 0. The first-order chi connectivity index (χ1) is 7.84. The van der Waals surface area contributed by atoms with Crippen molar-refractivity contribution in [3.8, 4) is 0 Å². The van der Waals surface area contributed by atoms with E-state index in [0.717, 1.165) is 31.0 Å². The minimum absolute atomic E-state index is 0.260. The van der Waals surface area contributed by atoms with Crippen LogP contribution < -0.4 is 5.32 Å². The van der Waals surface area contributed by atoms with Crippen molar-refractivity contribution in [3.63, 3.8) is 0 Å². The maximum absolute atomic E-state index is 5.66. The predicted molar refractivity (Wildman–Crippen MR) is 62.4 cm³/mol. The second kappa shape index (κ2) is 5.46. The molecule has 5 nitrogen and oxygen atoms in total. The summed E-state index contributed by atoms with van der Waals surface area (Å²) in [7, 11) is 0. The highest BCUT2D eigenvalue weighted by atomic mass is 35.5. The number of aromatic nitrogens is 4. The Morgan fingerprint density at radius 3 is 3.00 bits per heavy atom. The van der Waals surface area contributed by atoms with Crippen molar-refractivity contribution in [3.05, 3.63) is 35.8 Å². The van der Waals surface area contributed by atoms with E-state index in [1.807, 2.05) is 6.20 Å². The minimum atomic E-state index is 0.260. The molecule has 0 bridgehead atoms. The van der Waals surface area contributed by atoms with Gasteiger partial charge in [-0.05, 0) is 24.1 Å². The van der Waals surface area contributed by atoms with Crippen LogP contribution in [0.2, 0.25) is 5.28 Å². The van der Waals surface area contributed by atoms with Crippen molar-refractivity contribution in [2.24, 2.45) is 0 Å². The largest absolute Gasteiger partial charge is 0.370 e. The second-order valence-electron chi connectivity index (χ2n) is 3.28. The van der Waals surface area contributed by atoms with E-state index in [1.54, 1.807) is 18.5 Å². The smallest absolute Gasteiger partial charge is 0.224 e. The first-order valence-electron chi connectivity index (χ1n) is 5.05. The van der Waals surface area contributed by atoms with E-state index >= 15 is 0 Å². The highest BCUT2D eigenvalue weighted by Crippen LogP contribution is 2.05. The minimum Gasteiger partial charge on any atom is -0.370 e. The van der Waals surface area contributed by atoms with Crippen molar-refractivity contribution in [2.75, 3.05) is 11.9 Å². The molecule has 0 fully saturated rings. The molecule has 0 saturated heterocycles. The standard InChI is InChI=1S/C10H12ClN5/c11-10-15-5-3-9(16-10)12-4-1-2-8-13-6-7-14-8/h3,5-7H,1-2,4H2,(H,13,14)(H,12,15,16). The second-order valence-corrected chi connectivity index (χ2v) is 3.62. The summed E-state index contributed by atoms with van der Waals surface area (Å²) in [5.74, 6) is 1.75. The lowest BCUT2D eigenvalue weighted by Crippen LogP contribution is -2.05. The van der Waals surface area contributed by atoms with Crippen LogP contribution in [0.15, 0.2) is 24.7 Å². The highest BCUT2D eigenvalue weighted by molar-refractivity contribution is 6.28. The zero-order chi connectivity index (χ0) is 11.2. The van der Waals surface area contributed by atoms with Crippen LogP contribution in [-0.4, -0.2) is 26.5 Å². The van der Waals surface area contributed by atoms with Gasteiger partial charge in [-0.2, -0.15) is 0 Å². The SMILES string of the molecule is Clc1nccc(NCCCc2ncc[nH]2)n1. The molecule has 84 valence electrons. The molecule has 2 rings (SSSR count). The Kier molecular flexibility index (Phi) is 3.71. The monoisotopic (exact) mass is 237 g/mol. The molecule has 0 radical (unpaired) electrons. The van der Waals surface area contributed by atoms with Gasteiger partial charge >= 0.3 is 0 Å². The number of rotatable bonds is 5. The predicted octanol–water partition coefficient (Wildman–Crippen LogP) is 1.90. The zero-order valence-electron chi connectivity index (χ0n) is 8.65. The number of H-pyrrole nitrogens is 1. The molecule has 6 heteroatoms. The van der Waals surface area contributed by atoms with Crippen molar-refractivity contribution in [1.82, 2.24) is 19.9 Å². The number of hydrogen-bond donors (Lipinski definition) is 2. The highest BCUT2D eigenvalue weighted by Gasteiger charge is 1.97. The molecule has 0 aliphatic heterocycles. The van der Waals surface area contributed by atoms with E-state index in [4.69, 9.17) is 11.6 Å². The van der Waals surface area contributed by atoms with Gasteiger partial charge in [0.05, 0.1) is 0 Å². The number of imidazole rings is 1. The van der Waals surface area contributed by atoms with Gasteiger partial charge in [0, 0.05) is 31.6 Å². The van der Waals surface area contributed by atoms with E-state index < -0.39 is 0 Å². The fourth-order valence-corrected chi connectivity index (χ4v) is 1.49. The Labute approximate surface area is 98.3 Å². The van der Waals surface area contributed by atoms with Crippen LogP contribution in [-0.2, 0) is 6.42 Å². The van der Waals surface area contributed by atoms with Gasteiger partial charge in [0.1, 0.15) is 11.6 Å². The van der Waals surface area contributed by atoms with Gasteiger partial charge in [-0.3, -0.25) is 0 Å². The average Bonchev–Trinajstić information content (AvgIpc) is 2.77. The summed E-state index contributed by atoms with van der Waals surface area (Å²) in [6.45, 7) is 0.827. The van der Waals surface area contributed by atoms with Gasteiger partial charge in [0.25, 0.3) is 0 Å². The molecule has 2 N–H and O–H groups in total. The maximum atomic E-state index is 5.66. The molecule has 2 aromatic rings. The van der Waals surface area contributed by atoms with Crippen LogP contribution in [0.3, 0.4) is 0 Å². The Bertz CT molecular complexity index is 429. The fraction of sp³-hybridized carbons (Fsp3) is 0.300. The molecule has 0 atom stereocenters. The molecule has 0 spiro atoms. The van der Waals surface area contributed by atoms with Crippen molar-refractivity contribution in [2.45, 2.75) is 12.8 Å². The lowest BCUT2D eigenvalue weighted by Gasteiger charge is -2.03. The summed E-state index contributed by atoms with van der Waals surface area (Å²) in [6.07, 6.45) is 7.11. The zero-order valence-corrected chi connectivity index (χ0v) is 9.41. The number of nitrogens with zero attached hydrogens (tertiary/aromatic N) is 3. The third kappa shape index (κ3) is 3.20. The quantitative estimate of drug-likeness (QED) is 0.616.